The van der Waals surface area contributed by atoms with E-state index in [1.54, 1.807) is 0 Å². The molecule has 80 valence electrons. The van der Waals surface area contributed by atoms with Crippen LogP contribution in [-0.4, -0.2) is 13.1 Å². The normalized spacial score (nSPS) is 10.4. The smallest absolute Gasteiger partial charge is 0.0908 e. The van der Waals surface area contributed by atoms with E-state index in [2.05, 4.69) is 36.3 Å². The second kappa shape index (κ2) is 6.88. The molecule has 0 unspecified atom stereocenters. The van der Waals surface area contributed by atoms with Gasteiger partial charge < -0.3 is 4.90 Å². The highest BCUT2D eigenvalue weighted by Gasteiger charge is 2.05. The Bertz CT molecular complexity index is 210. The van der Waals surface area contributed by atoms with E-state index in [4.69, 9.17) is 0 Å². The van der Waals surface area contributed by atoms with Gasteiger partial charge in [-0.15, -0.1) is 11.3 Å². The van der Waals surface area contributed by atoms with Crippen molar-refractivity contribution in [2.45, 2.75) is 39.5 Å². The fourth-order valence-corrected chi connectivity index (χ4v) is 2.27. The lowest BCUT2D eigenvalue weighted by molar-refractivity contribution is 0.682. The van der Waals surface area contributed by atoms with Gasteiger partial charge in [0, 0.05) is 13.1 Å². The first-order valence-electron chi connectivity index (χ1n) is 5.67. The predicted octanol–water partition coefficient (Wildman–Crippen LogP) is 4.15. The summed E-state index contributed by atoms with van der Waals surface area (Å²) in [6.07, 6.45) is 5.19. The third kappa shape index (κ3) is 3.70. The lowest BCUT2D eigenvalue weighted by Gasteiger charge is -2.22. The number of hydrogen-bond donors (Lipinski definition) is 0. The van der Waals surface area contributed by atoms with Crippen LogP contribution in [0.3, 0.4) is 0 Å². The molecule has 0 aliphatic rings. The molecule has 1 rings (SSSR count). The fourth-order valence-electron chi connectivity index (χ4n) is 1.48. The topological polar surface area (TPSA) is 3.24 Å². The van der Waals surface area contributed by atoms with Gasteiger partial charge in [0.1, 0.15) is 0 Å². The zero-order valence-corrected chi connectivity index (χ0v) is 10.1. The number of rotatable bonds is 7. The van der Waals surface area contributed by atoms with E-state index >= 15 is 0 Å². The lowest BCUT2D eigenvalue weighted by atomic mass is 10.2. The maximum Gasteiger partial charge on any atom is 0.0908 e. The highest BCUT2D eigenvalue weighted by molar-refractivity contribution is 7.14. The number of unbranched alkanes of at least 4 members (excludes halogenated alkanes) is 2. The highest BCUT2D eigenvalue weighted by Crippen LogP contribution is 2.21. The minimum Gasteiger partial charge on any atom is -0.363 e. The maximum atomic E-state index is 2.53. The second-order valence-electron chi connectivity index (χ2n) is 3.65. The van der Waals surface area contributed by atoms with Crippen LogP contribution in [0, 0.1) is 0 Å². The standard InChI is InChI=1S/C12H21NS/c1-3-5-9-13(10-6-4-2)12-8-7-11-14-12/h7-8,11H,3-6,9-10H2,1-2H3. The van der Waals surface area contributed by atoms with Gasteiger partial charge in [-0.2, -0.15) is 0 Å². The van der Waals surface area contributed by atoms with Gasteiger partial charge in [0.2, 0.25) is 0 Å². The zero-order valence-electron chi connectivity index (χ0n) is 9.33. The Kier molecular flexibility index (Phi) is 5.69. The molecule has 0 aliphatic carbocycles. The molecule has 1 aromatic rings. The van der Waals surface area contributed by atoms with E-state index < -0.39 is 0 Å². The van der Waals surface area contributed by atoms with Crippen LogP contribution < -0.4 is 4.90 Å². The summed E-state index contributed by atoms with van der Waals surface area (Å²) in [5, 5.41) is 3.60. The monoisotopic (exact) mass is 211 g/mol. The molecule has 2 heteroatoms. The van der Waals surface area contributed by atoms with Crippen molar-refractivity contribution in [3.63, 3.8) is 0 Å². The lowest BCUT2D eigenvalue weighted by Crippen LogP contribution is -2.24. The molecule has 0 radical (unpaired) electrons. The van der Waals surface area contributed by atoms with E-state index in [9.17, 15) is 0 Å². The Morgan fingerprint density at radius 3 is 2.21 bits per heavy atom. The van der Waals surface area contributed by atoms with Crippen molar-refractivity contribution in [1.82, 2.24) is 0 Å². The first kappa shape index (κ1) is 11.6. The molecule has 0 aliphatic heterocycles. The minimum absolute atomic E-state index is 1.22. The van der Waals surface area contributed by atoms with Crippen LogP contribution >= 0.6 is 11.3 Å². The van der Waals surface area contributed by atoms with Gasteiger partial charge in [0.15, 0.2) is 0 Å². The molecule has 0 amide bonds. The van der Waals surface area contributed by atoms with E-state index in [0.29, 0.717) is 0 Å². The number of hydrogen-bond acceptors (Lipinski definition) is 2. The van der Waals surface area contributed by atoms with E-state index in [0.717, 1.165) is 0 Å². The first-order valence-corrected chi connectivity index (χ1v) is 6.55. The molecular weight excluding hydrogens is 190 g/mol. The summed E-state index contributed by atoms with van der Waals surface area (Å²) >= 11 is 1.86. The molecule has 0 saturated heterocycles. The molecule has 1 heterocycles. The SMILES string of the molecule is CCCCN(CCCC)c1cccs1. The Balaban J connectivity index is 2.44. The molecule has 1 aromatic heterocycles. The van der Waals surface area contributed by atoms with Crippen LogP contribution in [0.4, 0.5) is 5.00 Å². The molecule has 14 heavy (non-hydrogen) atoms. The Hall–Kier alpha value is -0.500. The molecular formula is C12H21NS. The largest absolute Gasteiger partial charge is 0.363 e. The van der Waals surface area contributed by atoms with Crippen molar-refractivity contribution in [2.75, 3.05) is 18.0 Å². The molecule has 0 saturated carbocycles. The van der Waals surface area contributed by atoms with E-state index in [1.807, 2.05) is 11.3 Å². The van der Waals surface area contributed by atoms with Gasteiger partial charge in [-0.25, -0.2) is 0 Å². The quantitative estimate of drug-likeness (QED) is 0.654. The van der Waals surface area contributed by atoms with Crippen molar-refractivity contribution in [1.29, 1.82) is 0 Å². The van der Waals surface area contributed by atoms with Crippen molar-refractivity contribution >= 4 is 16.3 Å². The summed E-state index contributed by atoms with van der Waals surface area (Å²) < 4.78 is 0. The first-order chi connectivity index (χ1) is 6.88. The van der Waals surface area contributed by atoms with Crippen LogP contribution in [0.25, 0.3) is 0 Å². The second-order valence-corrected chi connectivity index (χ2v) is 4.57. The molecule has 0 N–H and O–H groups in total. The third-order valence-corrected chi connectivity index (χ3v) is 3.31. The van der Waals surface area contributed by atoms with Gasteiger partial charge in [0.05, 0.1) is 5.00 Å². The number of thiophene rings is 1. The van der Waals surface area contributed by atoms with Gasteiger partial charge in [-0.3, -0.25) is 0 Å². The van der Waals surface area contributed by atoms with Gasteiger partial charge in [-0.05, 0) is 30.4 Å². The average molecular weight is 211 g/mol. The van der Waals surface area contributed by atoms with Crippen LogP contribution in [0.5, 0.6) is 0 Å². The number of nitrogens with zero attached hydrogens (tertiary/aromatic N) is 1. The van der Waals surface area contributed by atoms with Crippen molar-refractivity contribution in [3.05, 3.63) is 17.5 Å². The summed E-state index contributed by atoms with van der Waals surface area (Å²) in [6, 6.07) is 4.38. The fraction of sp³-hybridized carbons (Fsp3) is 0.667. The summed E-state index contributed by atoms with van der Waals surface area (Å²) in [4.78, 5) is 2.53. The average Bonchev–Trinajstić information content (AvgIpc) is 2.71. The molecule has 0 fully saturated rings. The Morgan fingerprint density at radius 1 is 1.14 bits per heavy atom. The van der Waals surface area contributed by atoms with Gasteiger partial charge >= 0.3 is 0 Å². The third-order valence-electron chi connectivity index (χ3n) is 2.38. The maximum absolute atomic E-state index is 2.53. The molecule has 1 nitrogen and oxygen atoms in total. The molecule has 0 aromatic carbocycles. The Morgan fingerprint density at radius 2 is 1.79 bits per heavy atom. The summed E-state index contributed by atoms with van der Waals surface area (Å²) in [7, 11) is 0. The van der Waals surface area contributed by atoms with Crippen LogP contribution in [-0.2, 0) is 0 Å². The van der Waals surface area contributed by atoms with Crippen molar-refractivity contribution in [3.8, 4) is 0 Å². The molecule has 0 atom stereocenters. The van der Waals surface area contributed by atoms with Gasteiger partial charge in [-0.1, -0.05) is 26.7 Å². The predicted molar refractivity (Wildman–Crippen MR) is 66.3 cm³/mol. The van der Waals surface area contributed by atoms with Crippen LogP contribution in [0.15, 0.2) is 17.5 Å². The summed E-state index contributed by atoms with van der Waals surface area (Å²) in [6.45, 7) is 6.95. The highest BCUT2D eigenvalue weighted by atomic mass is 32.1. The van der Waals surface area contributed by atoms with E-state index in [-0.39, 0.29) is 0 Å². The minimum atomic E-state index is 1.22. The zero-order chi connectivity index (χ0) is 10.2. The number of anilines is 1. The van der Waals surface area contributed by atoms with Crippen LogP contribution in [0.2, 0.25) is 0 Å². The van der Waals surface area contributed by atoms with Crippen molar-refractivity contribution in [2.24, 2.45) is 0 Å². The molecule has 0 spiro atoms. The van der Waals surface area contributed by atoms with Crippen molar-refractivity contribution < 1.29 is 0 Å². The van der Waals surface area contributed by atoms with Crippen LogP contribution in [0.1, 0.15) is 39.5 Å². The Labute approximate surface area is 91.8 Å². The summed E-state index contributed by atoms with van der Waals surface area (Å²) in [5.74, 6) is 0. The summed E-state index contributed by atoms with van der Waals surface area (Å²) in [5.41, 5.74) is 0. The van der Waals surface area contributed by atoms with E-state index in [1.165, 1.54) is 43.8 Å². The molecule has 0 bridgehead atoms. The van der Waals surface area contributed by atoms with Gasteiger partial charge in [0.25, 0.3) is 0 Å².